The van der Waals surface area contributed by atoms with Crippen LogP contribution in [-0.2, 0) is 29.4 Å². The number of hydrogen-bond donors (Lipinski definition) is 1. The van der Waals surface area contributed by atoms with Crippen LogP contribution in [0.15, 0.2) is 29.2 Å². The number of sulfonamides is 1. The molecule has 1 N–H and O–H groups in total. The molecule has 0 aromatic heterocycles. The van der Waals surface area contributed by atoms with E-state index in [2.05, 4.69) is 5.32 Å². The lowest BCUT2D eigenvalue weighted by atomic mass is 9.93. The maximum absolute atomic E-state index is 13.2. The van der Waals surface area contributed by atoms with E-state index in [1.54, 1.807) is 24.3 Å². The lowest BCUT2D eigenvalue weighted by Crippen LogP contribution is -2.50. The van der Waals surface area contributed by atoms with Crippen LogP contribution in [0, 0.1) is 0 Å². The predicted molar refractivity (Wildman–Crippen MR) is 125 cm³/mol. The minimum absolute atomic E-state index is 0.0443. The van der Waals surface area contributed by atoms with Crippen molar-refractivity contribution in [2.45, 2.75) is 55.5 Å². The van der Waals surface area contributed by atoms with Gasteiger partial charge in [0.05, 0.1) is 36.2 Å². The zero-order valence-corrected chi connectivity index (χ0v) is 20.4. The monoisotopic (exact) mass is 499 g/mol. The predicted octanol–water partition coefficient (Wildman–Crippen LogP) is 1.47. The van der Waals surface area contributed by atoms with Crippen LogP contribution >= 0.6 is 0 Å². The summed E-state index contributed by atoms with van der Waals surface area (Å²) in [5, 5.41) is 3.10. The Kier molecular flexibility index (Phi) is 7.62. The molecular formula is C22H33N3O6S2. The molecule has 0 spiro atoms. The van der Waals surface area contributed by atoms with Gasteiger partial charge in [0.2, 0.25) is 15.9 Å². The Hall–Kier alpha value is -1.69. The van der Waals surface area contributed by atoms with Gasteiger partial charge < -0.3 is 15.0 Å². The Labute approximate surface area is 196 Å². The summed E-state index contributed by atoms with van der Waals surface area (Å²) in [5.74, 6) is 0.0818. The number of hydrogen-bond acceptors (Lipinski definition) is 7. The van der Waals surface area contributed by atoms with E-state index >= 15 is 0 Å². The summed E-state index contributed by atoms with van der Waals surface area (Å²) in [4.78, 5) is 15.2. The molecule has 1 aliphatic carbocycles. The van der Waals surface area contributed by atoms with Crippen LogP contribution in [0.4, 0.5) is 5.69 Å². The Morgan fingerprint density at radius 2 is 1.70 bits per heavy atom. The normalized spacial score (nSPS) is 24.4. The van der Waals surface area contributed by atoms with E-state index in [1.165, 1.54) is 4.31 Å². The molecule has 1 saturated carbocycles. The Morgan fingerprint density at radius 3 is 2.30 bits per heavy atom. The van der Waals surface area contributed by atoms with Crippen molar-refractivity contribution in [3.8, 4) is 0 Å². The summed E-state index contributed by atoms with van der Waals surface area (Å²) in [7, 11) is -6.66. The van der Waals surface area contributed by atoms with Gasteiger partial charge in [-0.1, -0.05) is 19.3 Å². The average Bonchev–Trinajstić information content (AvgIpc) is 3.18. The van der Waals surface area contributed by atoms with Crippen LogP contribution in [0.3, 0.4) is 0 Å². The van der Waals surface area contributed by atoms with Crippen LogP contribution in [-0.4, -0.2) is 88.4 Å². The van der Waals surface area contributed by atoms with Crippen molar-refractivity contribution in [1.82, 2.24) is 9.21 Å². The van der Waals surface area contributed by atoms with Gasteiger partial charge in [-0.05, 0) is 43.5 Å². The molecule has 184 valence electrons. The van der Waals surface area contributed by atoms with Gasteiger partial charge in [-0.2, -0.15) is 4.31 Å². The second-order valence-corrected chi connectivity index (χ2v) is 13.2. The van der Waals surface area contributed by atoms with E-state index in [0.717, 1.165) is 32.1 Å². The van der Waals surface area contributed by atoms with Gasteiger partial charge in [0.1, 0.15) is 0 Å². The Balaban J connectivity index is 1.40. The minimum Gasteiger partial charge on any atom is -0.379 e. The van der Waals surface area contributed by atoms with Crippen LogP contribution in [0.2, 0.25) is 0 Å². The van der Waals surface area contributed by atoms with Crippen molar-refractivity contribution in [2.24, 2.45) is 0 Å². The van der Waals surface area contributed by atoms with E-state index in [1.807, 2.05) is 4.90 Å². The number of ether oxygens (including phenoxy) is 1. The molecule has 2 heterocycles. The van der Waals surface area contributed by atoms with Gasteiger partial charge in [0.15, 0.2) is 9.84 Å². The highest BCUT2D eigenvalue weighted by atomic mass is 32.2. The summed E-state index contributed by atoms with van der Waals surface area (Å²) >= 11 is 0. The molecule has 1 amide bonds. The molecule has 1 atom stereocenters. The maximum atomic E-state index is 13.2. The molecule has 9 nitrogen and oxygen atoms in total. The first kappa shape index (κ1) is 24.4. The summed E-state index contributed by atoms with van der Waals surface area (Å²) < 4.78 is 56.3. The van der Waals surface area contributed by atoms with Crippen molar-refractivity contribution in [3.05, 3.63) is 24.3 Å². The van der Waals surface area contributed by atoms with E-state index in [-0.39, 0.29) is 40.9 Å². The molecule has 3 fully saturated rings. The van der Waals surface area contributed by atoms with Crippen LogP contribution in [0.5, 0.6) is 0 Å². The number of anilines is 1. The third-order valence-corrected chi connectivity index (χ3v) is 10.4. The van der Waals surface area contributed by atoms with Crippen molar-refractivity contribution in [3.63, 3.8) is 0 Å². The maximum Gasteiger partial charge on any atom is 0.243 e. The highest BCUT2D eigenvalue weighted by Crippen LogP contribution is 2.28. The topological polar surface area (TPSA) is 113 Å². The fraction of sp³-hybridized carbons (Fsp3) is 0.682. The highest BCUT2D eigenvalue weighted by Gasteiger charge is 2.38. The minimum atomic E-state index is -3.57. The lowest BCUT2D eigenvalue weighted by Gasteiger charge is -2.38. The Bertz CT molecular complexity index is 1030. The van der Waals surface area contributed by atoms with Crippen molar-refractivity contribution in [2.75, 3.05) is 49.7 Å². The lowest BCUT2D eigenvalue weighted by molar-refractivity contribution is -0.134. The summed E-state index contributed by atoms with van der Waals surface area (Å²) in [6.07, 6.45) is 5.59. The highest BCUT2D eigenvalue weighted by molar-refractivity contribution is 7.91. The molecule has 1 aromatic carbocycles. The molecular weight excluding hydrogens is 466 g/mol. The molecule has 11 heteroatoms. The van der Waals surface area contributed by atoms with Crippen molar-refractivity contribution >= 4 is 31.5 Å². The number of carbonyl (C=O) groups excluding carboxylic acids is 1. The average molecular weight is 500 g/mol. The van der Waals surface area contributed by atoms with E-state index < -0.39 is 19.9 Å². The van der Waals surface area contributed by atoms with Crippen molar-refractivity contribution in [1.29, 1.82) is 0 Å². The Morgan fingerprint density at radius 1 is 1.03 bits per heavy atom. The van der Waals surface area contributed by atoms with E-state index in [4.69, 9.17) is 4.74 Å². The first-order valence-corrected chi connectivity index (χ1v) is 15.0. The first-order valence-electron chi connectivity index (χ1n) is 11.7. The van der Waals surface area contributed by atoms with Gasteiger partial charge in [-0.25, -0.2) is 16.8 Å². The van der Waals surface area contributed by atoms with Gasteiger partial charge in [0, 0.05) is 30.9 Å². The largest absolute Gasteiger partial charge is 0.379 e. The van der Waals surface area contributed by atoms with Crippen LogP contribution in [0.25, 0.3) is 0 Å². The quantitative estimate of drug-likeness (QED) is 0.604. The number of morpholine rings is 1. The number of rotatable bonds is 7. The molecule has 0 bridgehead atoms. The molecule has 2 aliphatic heterocycles. The number of nitrogens with one attached hydrogen (secondary N) is 1. The molecule has 2 saturated heterocycles. The van der Waals surface area contributed by atoms with E-state index in [0.29, 0.717) is 38.4 Å². The van der Waals surface area contributed by atoms with Gasteiger partial charge >= 0.3 is 0 Å². The molecule has 1 unspecified atom stereocenters. The standard InChI is InChI=1S/C22H33N3O6S2/c26-22(25(19-4-2-1-3-5-19)20-10-15-32(27,28)17-20)16-23-18-6-8-21(9-7-18)33(29,30)24-11-13-31-14-12-24/h6-9,19-20,23H,1-5,10-17H2. The van der Waals surface area contributed by atoms with Gasteiger partial charge in [-0.15, -0.1) is 0 Å². The smallest absolute Gasteiger partial charge is 0.243 e. The van der Waals surface area contributed by atoms with Crippen LogP contribution in [0.1, 0.15) is 38.5 Å². The summed E-state index contributed by atoms with van der Waals surface area (Å²) in [5.41, 5.74) is 0.645. The number of sulfone groups is 1. The molecule has 3 aliphatic rings. The molecule has 0 radical (unpaired) electrons. The zero-order chi connectivity index (χ0) is 23.5. The second kappa shape index (κ2) is 10.3. The third-order valence-electron chi connectivity index (χ3n) is 6.76. The summed E-state index contributed by atoms with van der Waals surface area (Å²) in [6, 6.07) is 6.23. The fourth-order valence-electron chi connectivity index (χ4n) is 5.01. The number of nitrogens with zero attached hydrogens (tertiary/aromatic N) is 2. The zero-order valence-electron chi connectivity index (χ0n) is 18.8. The first-order chi connectivity index (χ1) is 15.8. The fourth-order valence-corrected chi connectivity index (χ4v) is 8.13. The number of carbonyl (C=O) groups is 1. The number of benzene rings is 1. The van der Waals surface area contributed by atoms with Gasteiger partial charge in [0.25, 0.3) is 0 Å². The molecule has 1 aromatic rings. The SMILES string of the molecule is O=C(CNc1ccc(S(=O)(=O)N2CCOCC2)cc1)N(C1CCCCC1)C1CCS(=O)(=O)C1. The summed E-state index contributed by atoms with van der Waals surface area (Å²) in [6.45, 7) is 1.50. The molecule has 4 rings (SSSR count). The second-order valence-electron chi connectivity index (χ2n) is 9.04. The number of amides is 1. The van der Waals surface area contributed by atoms with E-state index in [9.17, 15) is 21.6 Å². The van der Waals surface area contributed by atoms with Gasteiger partial charge in [-0.3, -0.25) is 4.79 Å². The van der Waals surface area contributed by atoms with Crippen LogP contribution < -0.4 is 5.32 Å². The van der Waals surface area contributed by atoms with Crippen molar-refractivity contribution < 1.29 is 26.4 Å². The molecule has 33 heavy (non-hydrogen) atoms. The third kappa shape index (κ3) is 5.87.